The molecule has 2 aromatic carbocycles. The van der Waals surface area contributed by atoms with Gasteiger partial charge in [-0.2, -0.15) is 4.31 Å². The van der Waals surface area contributed by atoms with Crippen molar-refractivity contribution in [3.05, 3.63) is 64.7 Å². The number of nitrogens with zero attached hydrogens (tertiary/aromatic N) is 1. The van der Waals surface area contributed by atoms with Crippen LogP contribution in [0.1, 0.15) is 22.3 Å². The number of carbonyl (C=O) groups excluding carboxylic acids is 1. The Bertz CT molecular complexity index is 922. The largest absolute Gasteiger partial charge is 0.324 e. The van der Waals surface area contributed by atoms with Gasteiger partial charge < -0.3 is 5.32 Å². The Hall–Kier alpha value is -2.18. The third kappa shape index (κ3) is 3.75. The molecule has 0 bridgehead atoms. The Morgan fingerprint density at radius 3 is 2.44 bits per heavy atom. The van der Waals surface area contributed by atoms with E-state index in [9.17, 15) is 13.2 Å². The van der Waals surface area contributed by atoms with Crippen molar-refractivity contribution in [3.8, 4) is 0 Å². The summed E-state index contributed by atoms with van der Waals surface area (Å²) in [6.45, 7) is 4.13. The lowest BCUT2D eigenvalue weighted by Gasteiger charge is -2.34. The minimum Gasteiger partial charge on any atom is -0.324 e. The zero-order valence-electron chi connectivity index (χ0n) is 14.6. The van der Waals surface area contributed by atoms with E-state index in [1.54, 1.807) is 0 Å². The van der Waals surface area contributed by atoms with Crippen LogP contribution in [-0.2, 0) is 27.8 Å². The second-order valence-corrected chi connectivity index (χ2v) is 8.54. The maximum Gasteiger partial charge on any atom is 0.243 e. The zero-order valence-corrected chi connectivity index (χ0v) is 15.4. The maximum atomic E-state index is 12.9. The number of sulfonamides is 1. The number of nitrogens with one attached hydrogen (secondary N) is 1. The molecule has 0 aliphatic carbocycles. The predicted octanol–water partition coefficient (Wildman–Crippen LogP) is 2.63. The number of anilines is 1. The first-order valence-corrected chi connectivity index (χ1v) is 10.0. The van der Waals surface area contributed by atoms with Gasteiger partial charge in [-0.25, -0.2) is 8.42 Å². The Morgan fingerprint density at radius 2 is 1.80 bits per heavy atom. The van der Waals surface area contributed by atoms with Crippen molar-refractivity contribution < 1.29 is 13.2 Å². The fourth-order valence-electron chi connectivity index (χ4n) is 3.24. The summed E-state index contributed by atoms with van der Waals surface area (Å²) in [4.78, 5) is 12.9. The highest BCUT2D eigenvalue weighted by molar-refractivity contribution is 7.88. The topological polar surface area (TPSA) is 66.5 Å². The van der Waals surface area contributed by atoms with E-state index in [0.29, 0.717) is 12.1 Å². The molecule has 1 atom stereocenters. The summed E-state index contributed by atoms with van der Waals surface area (Å²) in [6, 6.07) is 12.7. The second-order valence-electron chi connectivity index (χ2n) is 6.60. The van der Waals surface area contributed by atoms with E-state index in [0.717, 1.165) is 28.5 Å². The van der Waals surface area contributed by atoms with Crippen molar-refractivity contribution in [2.24, 2.45) is 0 Å². The SMILES string of the molecule is Cc1ccc(NC(=O)[C@@H]2Cc3ccccc3CN2S(C)(=O)=O)c(C)c1. The lowest BCUT2D eigenvalue weighted by atomic mass is 9.95. The van der Waals surface area contributed by atoms with E-state index in [1.165, 1.54) is 4.31 Å². The van der Waals surface area contributed by atoms with Crippen LogP contribution in [0.4, 0.5) is 5.69 Å². The summed E-state index contributed by atoms with van der Waals surface area (Å²) < 4.78 is 25.7. The molecule has 1 amide bonds. The minimum absolute atomic E-state index is 0.222. The van der Waals surface area contributed by atoms with Crippen LogP contribution in [0.3, 0.4) is 0 Å². The van der Waals surface area contributed by atoms with E-state index in [2.05, 4.69) is 5.32 Å². The normalized spacial score (nSPS) is 17.8. The fraction of sp³-hybridized carbons (Fsp3) is 0.316. The summed E-state index contributed by atoms with van der Waals surface area (Å²) in [5.74, 6) is -0.299. The van der Waals surface area contributed by atoms with E-state index in [-0.39, 0.29) is 12.5 Å². The molecule has 0 spiro atoms. The van der Waals surface area contributed by atoms with E-state index in [1.807, 2.05) is 56.3 Å². The molecular formula is C19H22N2O3S. The molecule has 2 aromatic rings. The maximum absolute atomic E-state index is 12.9. The number of aryl methyl sites for hydroxylation is 2. The van der Waals surface area contributed by atoms with Gasteiger partial charge in [0.15, 0.2) is 0 Å². The van der Waals surface area contributed by atoms with Crippen molar-refractivity contribution in [1.82, 2.24) is 4.31 Å². The van der Waals surface area contributed by atoms with Crippen molar-refractivity contribution >= 4 is 21.6 Å². The molecule has 5 nitrogen and oxygen atoms in total. The monoisotopic (exact) mass is 358 g/mol. The predicted molar refractivity (Wildman–Crippen MR) is 98.9 cm³/mol. The highest BCUT2D eigenvalue weighted by Gasteiger charge is 2.36. The summed E-state index contributed by atoms with van der Waals surface area (Å²) in [6.07, 6.45) is 1.53. The quantitative estimate of drug-likeness (QED) is 0.917. The Kier molecular flexibility index (Phi) is 4.67. The smallest absolute Gasteiger partial charge is 0.243 e. The zero-order chi connectivity index (χ0) is 18.2. The first-order chi connectivity index (χ1) is 11.8. The van der Waals surface area contributed by atoms with E-state index >= 15 is 0 Å². The van der Waals surface area contributed by atoms with Crippen molar-refractivity contribution in [2.45, 2.75) is 32.9 Å². The summed E-state index contributed by atoms with van der Waals surface area (Å²) in [7, 11) is -3.50. The highest BCUT2D eigenvalue weighted by atomic mass is 32.2. The van der Waals surface area contributed by atoms with Crippen LogP contribution >= 0.6 is 0 Å². The third-order valence-electron chi connectivity index (χ3n) is 4.57. The van der Waals surface area contributed by atoms with E-state index in [4.69, 9.17) is 0 Å². The number of carbonyl (C=O) groups is 1. The lowest BCUT2D eigenvalue weighted by Crippen LogP contribution is -2.50. The summed E-state index contributed by atoms with van der Waals surface area (Å²) >= 11 is 0. The molecule has 6 heteroatoms. The molecule has 0 saturated carbocycles. The first kappa shape index (κ1) is 17.6. The molecule has 0 radical (unpaired) electrons. The minimum atomic E-state index is -3.50. The van der Waals surface area contributed by atoms with Crippen LogP contribution in [-0.4, -0.2) is 30.9 Å². The molecular weight excluding hydrogens is 336 g/mol. The second kappa shape index (κ2) is 6.61. The average molecular weight is 358 g/mol. The van der Waals surface area contributed by atoms with Gasteiger partial charge in [0.05, 0.1) is 6.26 Å². The van der Waals surface area contributed by atoms with Crippen LogP contribution in [0.15, 0.2) is 42.5 Å². The number of fused-ring (bicyclic) bond motifs is 1. The average Bonchev–Trinajstić information content (AvgIpc) is 2.55. The number of rotatable bonds is 3. The molecule has 1 aliphatic heterocycles. The molecule has 1 aliphatic rings. The summed E-state index contributed by atoms with van der Waals surface area (Å²) in [5, 5.41) is 2.89. The van der Waals surface area contributed by atoms with Gasteiger partial charge in [0.25, 0.3) is 0 Å². The van der Waals surface area contributed by atoms with Gasteiger partial charge in [-0.1, -0.05) is 42.0 Å². The van der Waals surface area contributed by atoms with Crippen molar-refractivity contribution in [1.29, 1.82) is 0 Å². The van der Waals surface area contributed by atoms with Crippen molar-refractivity contribution in [3.63, 3.8) is 0 Å². The van der Waals surface area contributed by atoms with Crippen LogP contribution in [0.2, 0.25) is 0 Å². The fourth-order valence-corrected chi connectivity index (χ4v) is 4.25. The van der Waals surface area contributed by atoms with Crippen LogP contribution < -0.4 is 5.32 Å². The molecule has 0 aromatic heterocycles. The number of amides is 1. The molecule has 1 N–H and O–H groups in total. The molecule has 0 saturated heterocycles. The molecule has 0 fully saturated rings. The van der Waals surface area contributed by atoms with Gasteiger partial charge in [-0.15, -0.1) is 0 Å². The Labute approximate surface area is 148 Å². The van der Waals surface area contributed by atoms with Gasteiger partial charge in [0.2, 0.25) is 15.9 Å². The van der Waals surface area contributed by atoms with Crippen LogP contribution in [0.25, 0.3) is 0 Å². The van der Waals surface area contributed by atoms with Crippen LogP contribution in [0, 0.1) is 13.8 Å². The first-order valence-electron chi connectivity index (χ1n) is 8.17. The molecule has 25 heavy (non-hydrogen) atoms. The Morgan fingerprint density at radius 1 is 1.12 bits per heavy atom. The molecule has 0 unspecified atom stereocenters. The highest BCUT2D eigenvalue weighted by Crippen LogP contribution is 2.26. The number of hydrogen-bond donors (Lipinski definition) is 1. The van der Waals surface area contributed by atoms with Gasteiger partial charge in [0, 0.05) is 12.2 Å². The number of benzene rings is 2. The van der Waals surface area contributed by atoms with Crippen molar-refractivity contribution in [2.75, 3.05) is 11.6 Å². The van der Waals surface area contributed by atoms with Gasteiger partial charge in [0.1, 0.15) is 6.04 Å². The van der Waals surface area contributed by atoms with Gasteiger partial charge >= 0.3 is 0 Å². The molecule has 3 rings (SSSR count). The van der Waals surface area contributed by atoms with Crippen LogP contribution in [0.5, 0.6) is 0 Å². The number of hydrogen-bond acceptors (Lipinski definition) is 3. The molecule has 132 valence electrons. The standard InChI is InChI=1S/C19H22N2O3S/c1-13-8-9-17(14(2)10-13)20-19(22)18-11-15-6-4-5-7-16(15)12-21(18)25(3,23)24/h4-10,18H,11-12H2,1-3H3,(H,20,22)/t18-/m0/s1. The van der Waals surface area contributed by atoms with Gasteiger partial charge in [-0.3, -0.25) is 4.79 Å². The van der Waals surface area contributed by atoms with Gasteiger partial charge in [-0.05, 0) is 43.0 Å². The molecule has 1 heterocycles. The van der Waals surface area contributed by atoms with E-state index < -0.39 is 16.1 Å². The lowest BCUT2D eigenvalue weighted by molar-refractivity contribution is -0.120. The summed E-state index contributed by atoms with van der Waals surface area (Å²) in [5.41, 5.74) is 4.74. The third-order valence-corrected chi connectivity index (χ3v) is 5.81. The Balaban J connectivity index is 1.91.